The van der Waals surface area contributed by atoms with E-state index in [1.807, 2.05) is 30.3 Å². The van der Waals surface area contributed by atoms with Gasteiger partial charge in [-0.1, -0.05) is 66.7 Å². The molecule has 2 atom stereocenters. The number of fused-ring (bicyclic) bond motifs is 1. The van der Waals surface area contributed by atoms with Crippen LogP contribution in [0.15, 0.2) is 96.3 Å². The number of ether oxygens (including phenoxy) is 1. The number of halogens is 3. The van der Waals surface area contributed by atoms with Crippen LogP contribution >= 0.6 is 0 Å². The van der Waals surface area contributed by atoms with E-state index in [0.29, 0.717) is 11.7 Å². The minimum absolute atomic E-state index is 0.0374. The van der Waals surface area contributed by atoms with Gasteiger partial charge in [-0.25, -0.2) is 0 Å². The fraction of sp³-hybridized carbons (Fsp3) is 0.375. The van der Waals surface area contributed by atoms with Gasteiger partial charge in [0.15, 0.2) is 0 Å². The van der Waals surface area contributed by atoms with E-state index < -0.39 is 11.7 Å². The lowest BCUT2D eigenvalue weighted by Crippen LogP contribution is -2.26. The first-order valence-electron chi connectivity index (χ1n) is 13.5. The SMILES string of the molecule is CN(CC[C@@H](OC1=CC=C(C(F)(F)F)CC1)c1ccccc1)CC1CCn2c(Cc3ccccc3)ccc21. The minimum Gasteiger partial charge on any atom is -0.490 e. The van der Waals surface area contributed by atoms with Crippen LogP contribution in [-0.2, 0) is 17.7 Å². The molecule has 0 N–H and O–H groups in total. The number of rotatable bonds is 10. The van der Waals surface area contributed by atoms with Crippen molar-refractivity contribution in [2.45, 2.75) is 56.8 Å². The molecule has 2 aliphatic rings. The highest BCUT2D eigenvalue weighted by Gasteiger charge is 2.34. The maximum atomic E-state index is 13.0. The standard InChI is InChI=1S/C32H35F3N2O/c1-36(23-26-18-21-37-28(14-17-30(26)37)22-24-8-4-2-5-9-24)20-19-31(25-10-6-3-7-11-25)38-29-15-12-27(13-16-29)32(33,34)35/h2-12,14-15,17,26,31H,13,16,18-23H2,1H3/t26?,31-/m1/s1. The lowest BCUT2D eigenvalue weighted by molar-refractivity contribution is -0.0945. The van der Waals surface area contributed by atoms with Crippen molar-refractivity contribution in [1.82, 2.24) is 9.47 Å². The van der Waals surface area contributed by atoms with E-state index in [1.165, 1.54) is 23.0 Å². The van der Waals surface area contributed by atoms with Crippen LogP contribution in [0, 0.1) is 0 Å². The number of aromatic nitrogens is 1. The molecule has 1 unspecified atom stereocenters. The lowest BCUT2D eigenvalue weighted by atomic mass is 10.0. The van der Waals surface area contributed by atoms with Crippen LogP contribution in [0.2, 0.25) is 0 Å². The second-order valence-electron chi connectivity index (χ2n) is 10.4. The van der Waals surface area contributed by atoms with E-state index in [-0.39, 0.29) is 18.9 Å². The van der Waals surface area contributed by atoms with E-state index in [1.54, 1.807) is 0 Å². The van der Waals surface area contributed by atoms with Gasteiger partial charge in [-0.15, -0.1) is 0 Å². The molecule has 6 heteroatoms. The van der Waals surface area contributed by atoms with Crippen LogP contribution in [0.25, 0.3) is 0 Å². The van der Waals surface area contributed by atoms with Gasteiger partial charge in [-0.2, -0.15) is 13.2 Å². The van der Waals surface area contributed by atoms with E-state index >= 15 is 0 Å². The predicted molar refractivity (Wildman–Crippen MR) is 145 cm³/mol. The highest BCUT2D eigenvalue weighted by Crippen LogP contribution is 2.36. The molecule has 38 heavy (non-hydrogen) atoms. The van der Waals surface area contributed by atoms with Gasteiger partial charge in [-0.05, 0) is 49.2 Å². The highest BCUT2D eigenvalue weighted by molar-refractivity contribution is 5.29. The molecule has 0 bridgehead atoms. The van der Waals surface area contributed by atoms with E-state index in [0.717, 1.165) is 50.5 Å². The van der Waals surface area contributed by atoms with Crippen LogP contribution < -0.4 is 0 Å². The number of benzene rings is 2. The van der Waals surface area contributed by atoms with E-state index in [2.05, 4.69) is 59.0 Å². The molecule has 2 aromatic carbocycles. The third-order valence-electron chi connectivity index (χ3n) is 7.70. The summed E-state index contributed by atoms with van der Waals surface area (Å²) in [6.45, 7) is 2.86. The Bertz CT molecular complexity index is 1260. The van der Waals surface area contributed by atoms with Gasteiger partial charge in [0, 0.05) is 61.8 Å². The first-order chi connectivity index (χ1) is 18.4. The largest absolute Gasteiger partial charge is 0.490 e. The Kier molecular flexibility index (Phi) is 8.08. The molecule has 1 aliphatic heterocycles. The summed E-state index contributed by atoms with van der Waals surface area (Å²) in [5, 5.41) is 0. The highest BCUT2D eigenvalue weighted by atomic mass is 19.4. The average Bonchev–Trinajstić information content (AvgIpc) is 3.50. The molecule has 0 spiro atoms. The van der Waals surface area contributed by atoms with Crippen molar-refractivity contribution in [1.29, 1.82) is 0 Å². The van der Waals surface area contributed by atoms with Gasteiger partial charge in [0.2, 0.25) is 0 Å². The molecule has 0 fully saturated rings. The van der Waals surface area contributed by atoms with Gasteiger partial charge in [0.05, 0.1) is 5.76 Å². The Morgan fingerprint density at radius 1 is 0.947 bits per heavy atom. The summed E-state index contributed by atoms with van der Waals surface area (Å²) < 4.78 is 47.8. The molecule has 3 aromatic rings. The Balaban J connectivity index is 1.20. The maximum Gasteiger partial charge on any atom is 0.412 e. The molecule has 0 radical (unpaired) electrons. The Morgan fingerprint density at radius 3 is 2.37 bits per heavy atom. The van der Waals surface area contributed by atoms with Crippen molar-refractivity contribution in [2.24, 2.45) is 0 Å². The van der Waals surface area contributed by atoms with E-state index in [9.17, 15) is 13.2 Å². The van der Waals surface area contributed by atoms with Gasteiger partial charge < -0.3 is 14.2 Å². The van der Waals surface area contributed by atoms with Crippen molar-refractivity contribution in [2.75, 3.05) is 20.1 Å². The molecular weight excluding hydrogens is 485 g/mol. The number of allylic oxidation sites excluding steroid dienone is 4. The van der Waals surface area contributed by atoms with Crippen LogP contribution in [0.1, 0.15) is 60.2 Å². The fourth-order valence-electron chi connectivity index (χ4n) is 5.64. The van der Waals surface area contributed by atoms with E-state index in [4.69, 9.17) is 4.74 Å². The predicted octanol–water partition coefficient (Wildman–Crippen LogP) is 7.81. The summed E-state index contributed by atoms with van der Waals surface area (Å²) in [6.07, 6.45) is 1.28. The van der Waals surface area contributed by atoms with Crippen molar-refractivity contribution >= 4 is 0 Å². The first kappa shape index (κ1) is 26.4. The third-order valence-corrected chi connectivity index (χ3v) is 7.70. The van der Waals surface area contributed by atoms with Crippen LogP contribution in [0.5, 0.6) is 0 Å². The fourth-order valence-corrected chi connectivity index (χ4v) is 5.64. The summed E-state index contributed by atoms with van der Waals surface area (Å²) in [5.41, 5.74) is 4.68. The topological polar surface area (TPSA) is 17.4 Å². The zero-order valence-electron chi connectivity index (χ0n) is 21.8. The monoisotopic (exact) mass is 520 g/mol. The molecule has 1 aliphatic carbocycles. The summed E-state index contributed by atoms with van der Waals surface area (Å²) in [4.78, 5) is 2.36. The Hall–Kier alpha value is -3.25. The Morgan fingerprint density at radius 2 is 1.68 bits per heavy atom. The average molecular weight is 521 g/mol. The molecule has 2 heterocycles. The van der Waals surface area contributed by atoms with Gasteiger partial charge >= 0.3 is 6.18 Å². The normalized spacial score (nSPS) is 18.2. The molecule has 0 amide bonds. The molecule has 5 rings (SSSR count). The number of nitrogens with zero attached hydrogens (tertiary/aromatic N) is 2. The Labute approximate surface area is 223 Å². The van der Waals surface area contributed by atoms with Gasteiger partial charge in [0.1, 0.15) is 6.10 Å². The van der Waals surface area contributed by atoms with Crippen molar-refractivity contribution < 1.29 is 17.9 Å². The number of hydrogen-bond donors (Lipinski definition) is 0. The van der Waals surface area contributed by atoms with Crippen molar-refractivity contribution in [3.05, 3.63) is 119 Å². The van der Waals surface area contributed by atoms with Crippen LogP contribution in [0.3, 0.4) is 0 Å². The molecule has 3 nitrogen and oxygen atoms in total. The second-order valence-corrected chi connectivity index (χ2v) is 10.4. The molecular formula is C32H35F3N2O. The summed E-state index contributed by atoms with van der Waals surface area (Å²) in [5.74, 6) is 1.11. The lowest BCUT2D eigenvalue weighted by Gasteiger charge is -2.27. The van der Waals surface area contributed by atoms with Crippen molar-refractivity contribution in [3.8, 4) is 0 Å². The second kappa shape index (κ2) is 11.6. The molecule has 1 aromatic heterocycles. The molecule has 200 valence electrons. The van der Waals surface area contributed by atoms with Gasteiger partial charge in [-0.3, -0.25) is 0 Å². The number of hydrogen-bond acceptors (Lipinski definition) is 2. The molecule has 0 saturated carbocycles. The van der Waals surface area contributed by atoms with Crippen LogP contribution in [0.4, 0.5) is 13.2 Å². The smallest absolute Gasteiger partial charge is 0.412 e. The van der Waals surface area contributed by atoms with Crippen LogP contribution in [-0.4, -0.2) is 35.8 Å². The van der Waals surface area contributed by atoms with Gasteiger partial charge in [0.25, 0.3) is 0 Å². The third kappa shape index (κ3) is 6.41. The quantitative estimate of drug-likeness (QED) is 0.271. The zero-order valence-corrected chi connectivity index (χ0v) is 21.8. The number of alkyl halides is 3. The summed E-state index contributed by atoms with van der Waals surface area (Å²) in [7, 11) is 2.15. The summed E-state index contributed by atoms with van der Waals surface area (Å²) >= 11 is 0. The molecule has 0 saturated heterocycles. The minimum atomic E-state index is -4.27. The maximum absolute atomic E-state index is 13.0. The first-order valence-corrected chi connectivity index (χ1v) is 13.5. The number of likely N-dealkylation sites (N-methyl/N-ethyl adjacent to an activating group) is 1. The van der Waals surface area contributed by atoms with Crippen molar-refractivity contribution in [3.63, 3.8) is 0 Å². The summed E-state index contributed by atoms with van der Waals surface area (Å²) in [6, 6.07) is 25.1. The zero-order chi connectivity index (χ0) is 26.5.